The van der Waals surface area contributed by atoms with Gasteiger partial charge in [-0.2, -0.15) is 5.21 Å². The first-order valence-corrected chi connectivity index (χ1v) is 15.5. The number of tetrazole rings is 1. The first-order valence-electron chi connectivity index (χ1n) is 15.5. The summed E-state index contributed by atoms with van der Waals surface area (Å²) in [6, 6.07) is 7.66. The molecule has 1 saturated carbocycles. The lowest BCUT2D eigenvalue weighted by Gasteiger charge is -2.47. The van der Waals surface area contributed by atoms with Gasteiger partial charge >= 0.3 is 0 Å². The van der Waals surface area contributed by atoms with Gasteiger partial charge < -0.3 is 15.1 Å². The zero-order chi connectivity index (χ0) is 29.0. The summed E-state index contributed by atoms with van der Waals surface area (Å²) in [4.78, 5) is 36.9. The van der Waals surface area contributed by atoms with Crippen molar-refractivity contribution < 1.29 is 9.59 Å². The molecule has 1 aromatic carbocycles. The van der Waals surface area contributed by atoms with Crippen molar-refractivity contribution in [3.05, 3.63) is 41.2 Å². The number of H-pyrrole nitrogens is 1. The van der Waals surface area contributed by atoms with Crippen LogP contribution in [0.15, 0.2) is 29.3 Å². The number of hydrogen-bond donors (Lipinski definition) is 2. The third kappa shape index (κ3) is 6.31. The monoisotopic (exact) mass is 562 g/mol. The molecule has 3 heterocycles. The molecule has 41 heavy (non-hydrogen) atoms. The molecule has 10 nitrogen and oxygen atoms in total. The summed E-state index contributed by atoms with van der Waals surface area (Å²) in [6.45, 7) is 11.2. The van der Waals surface area contributed by atoms with E-state index in [0.717, 1.165) is 76.4 Å². The zero-order valence-electron chi connectivity index (χ0n) is 25.2. The molecular weight excluding hydrogens is 516 g/mol. The molecule has 3 aliphatic rings. The summed E-state index contributed by atoms with van der Waals surface area (Å²) in [5.74, 6) is 1.62. The fourth-order valence-corrected chi connectivity index (χ4v) is 6.86. The van der Waals surface area contributed by atoms with Crippen LogP contribution in [-0.4, -0.2) is 66.8 Å². The lowest BCUT2D eigenvalue weighted by atomic mass is 9.69. The van der Waals surface area contributed by atoms with Crippen LogP contribution in [0.2, 0.25) is 0 Å². The Labute approximate surface area is 243 Å². The number of piperidine rings is 1. The number of aromatic amines is 1. The maximum Gasteiger partial charge on any atom is 0.291 e. The molecule has 0 unspecified atom stereocenters. The highest BCUT2D eigenvalue weighted by atomic mass is 16.2. The van der Waals surface area contributed by atoms with Crippen LogP contribution in [0.5, 0.6) is 0 Å². The van der Waals surface area contributed by atoms with Gasteiger partial charge in [0, 0.05) is 18.7 Å². The molecule has 0 radical (unpaired) electrons. The van der Waals surface area contributed by atoms with Crippen LogP contribution in [-0.2, 0) is 11.3 Å². The Morgan fingerprint density at radius 2 is 1.83 bits per heavy atom. The van der Waals surface area contributed by atoms with Crippen LogP contribution in [0.25, 0.3) is 0 Å². The van der Waals surface area contributed by atoms with Gasteiger partial charge in [0.2, 0.25) is 0 Å². The van der Waals surface area contributed by atoms with Crippen molar-refractivity contribution in [2.45, 2.75) is 110 Å². The second-order valence-electron chi connectivity index (χ2n) is 13.1. The smallest absolute Gasteiger partial charge is 0.291 e. The van der Waals surface area contributed by atoms with Gasteiger partial charge in [0.25, 0.3) is 11.8 Å². The molecule has 0 bridgehead atoms. The van der Waals surface area contributed by atoms with Gasteiger partial charge in [-0.3, -0.25) is 9.59 Å². The average molecular weight is 563 g/mol. The van der Waals surface area contributed by atoms with Crippen molar-refractivity contribution in [1.82, 2.24) is 35.7 Å². The van der Waals surface area contributed by atoms with Crippen LogP contribution in [0, 0.1) is 11.3 Å². The molecule has 1 spiro atoms. The summed E-state index contributed by atoms with van der Waals surface area (Å²) in [7, 11) is 0. The number of amides is 2. The number of nitrogens with zero attached hydrogens (tertiary/aromatic N) is 6. The van der Waals surface area contributed by atoms with Crippen molar-refractivity contribution >= 4 is 17.6 Å². The van der Waals surface area contributed by atoms with Crippen LogP contribution in [0.1, 0.15) is 120 Å². The van der Waals surface area contributed by atoms with Crippen molar-refractivity contribution in [3.8, 4) is 0 Å². The van der Waals surface area contributed by atoms with Crippen molar-refractivity contribution in [2.75, 3.05) is 13.1 Å². The fourth-order valence-electron chi connectivity index (χ4n) is 6.86. The Balaban J connectivity index is 1.42. The summed E-state index contributed by atoms with van der Waals surface area (Å²) in [6.07, 6.45) is 10.3. The van der Waals surface area contributed by atoms with E-state index in [0.29, 0.717) is 23.1 Å². The fraction of sp³-hybridized carbons (Fsp3) is 0.677. The van der Waals surface area contributed by atoms with Crippen molar-refractivity contribution in [1.29, 1.82) is 0 Å². The molecule has 1 aliphatic carbocycles. The molecule has 10 heteroatoms. The molecule has 1 aromatic heterocycles. The number of amidine groups is 1. The maximum atomic E-state index is 14.4. The summed E-state index contributed by atoms with van der Waals surface area (Å²) in [5, 5.41) is 16.5. The number of carbonyl (C=O) groups excluding carboxylic acids is 2. The number of rotatable bonds is 8. The Kier molecular flexibility index (Phi) is 8.75. The number of nitrogens with one attached hydrogen (secondary N) is 2. The highest BCUT2D eigenvalue weighted by Gasteiger charge is 2.53. The minimum atomic E-state index is -0.495. The molecule has 222 valence electrons. The quantitative estimate of drug-likeness (QED) is 0.466. The molecule has 1 saturated heterocycles. The van der Waals surface area contributed by atoms with E-state index >= 15 is 0 Å². The molecule has 2 N–H and O–H groups in total. The van der Waals surface area contributed by atoms with Crippen molar-refractivity contribution in [2.24, 2.45) is 16.3 Å². The number of unbranched alkanes of at least 4 members (excludes halogenated alkanes) is 1. The van der Waals surface area contributed by atoms with E-state index in [9.17, 15) is 9.59 Å². The Hall–Kier alpha value is -3.30. The molecule has 1 atom stereocenters. The van der Waals surface area contributed by atoms with Gasteiger partial charge in [0.15, 0.2) is 11.7 Å². The van der Waals surface area contributed by atoms with Gasteiger partial charge in [-0.1, -0.05) is 57.9 Å². The molecule has 2 fully saturated rings. The zero-order valence-corrected chi connectivity index (χ0v) is 25.2. The van der Waals surface area contributed by atoms with E-state index in [2.05, 4.69) is 63.4 Å². The van der Waals surface area contributed by atoms with E-state index in [4.69, 9.17) is 4.99 Å². The van der Waals surface area contributed by atoms with Gasteiger partial charge in [0.05, 0.1) is 12.6 Å². The Bertz CT molecular complexity index is 1200. The van der Waals surface area contributed by atoms with Crippen LogP contribution in [0.3, 0.4) is 0 Å². The number of carbonyl (C=O) groups is 2. The van der Waals surface area contributed by atoms with E-state index in [1.54, 1.807) is 0 Å². The minimum absolute atomic E-state index is 0.0869. The van der Waals surface area contributed by atoms with E-state index in [1.165, 1.54) is 6.42 Å². The normalized spacial score (nSPS) is 24.0. The number of aromatic nitrogens is 4. The first kappa shape index (κ1) is 29.2. The molecule has 2 amide bonds. The van der Waals surface area contributed by atoms with E-state index in [1.807, 2.05) is 24.3 Å². The number of aliphatic imine (C=N–C) groups is 1. The van der Waals surface area contributed by atoms with Crippen LogP contribution in [0.4, 0.5) is 0 Å². The highest BCUT2D eigenvalue weighted by Crippen LogP contribution is 2.49. The van der Waals surface area contributed by atoms with Gasteiger partial charge in [-0.25, -0.2) is 4.99 Å². The van der Waals surface area contributed by atoms with Crippen LogP contribution >= 0.6 is 0 Å². The Morgan fingerprint density at radius 1 is 1.12 bits per heavy atom. The number of benzene rings is 1. The van der Waals surface area contributed by atoms with E-state index < -0.39 is 5.66 Å². The van der Waals surface area contributed by atoms with E-state index in [-0.39, 0.29) is 29.8 Å². The largest absolute Gasteiger partial charge is 0.352 e. The molecule has 5 rings (SSSR count). The minimum Gasteiger partial charge on any atom is -0.352 e. The second kappa shape index (κ2) is 12.3. The Morgan fingerprint density at radius 3 is 2.44 bits per heavy atom. The number of hydrogen-bond acceptors (Lipinski definition) is 7. The van der Waals surface area contributed by atoms with Crippen LogP contribution < -0.4 is 5.32 Å². The van der Waals surface area contributed by atoms with Gasteiger partial charge in [-0.15, -0.1) is 10.2 Å². The summed E-state index contributed by atoms with van der Waals surface area (Å²) in [5.41, 5.74) is 1.37. The molecule has 2 aliphatic heterocycles. The van der Waals surface area contributed by atoms with Gasteiger partial charge in [-0.05, 0) is 80.4 Å². The van der Waals surface area contributed by atoms with Crippen molar-refractivity contribution in [3.63, 3.8) is 0 Å². The maximum absolute atomic E-state index is 14.4. The molecular formula is C31H46N8O2. The SMILES string of the molecule is CCCC[C@H](c1ccc(C(=O)NCc2nn[nH]n2)cc1)N1C(=O)C(N2CCCCC2)=NC12CCC(C(C)(C)C)CC2. The lowest BCUT2D eigenvalue weighted by molar-refractivity contribution is -0.134. The highest BCUT2D eigenvalue weighted by molar-refractivity contribution is 6.39. The van der Waals surface area contributed by atoms with Gasteiger partial charge in [0.1, 0.15) is 5.66 Å². The topological polar surface area (TPSA) is 119 Å². The summed E-state index contributed by atoms with van der Waals surface area (Å²) < 4.78 is 0. The third-order valence-corrected chi connectivity index (χ3v) is 9.34. The lowest BCUT2D eigenvalue weighted by Crippen LogP contribution is -2.52. The average Bonchev–Trinajstić information content (AvgIpc) is 3.59. The first-order chi connectivity index (χ1) is 19.7. The predicted molar refractivity (Wildman–Crippen MR) is 158 cm³/mol. The molecule has 2 aromatic rings. The second-order valence-corrected chi connectivity index (χ2v) is 13.1. The summed E-state index contributed by atoms with van der Waals surface area (Å²) >= 11 is 0. The predicted octanol–water partition coefficient (Wildman–Crippen LogP) is 5.02. The standard InChI is InChI=1S/C31H46N8O2/c1-5-6-10-25(22-11-13-23(14-12-22)28(40)32-21-26-34-36-37-35-26)39-29(41)27(38-19-8-7-9-20-38)33-31(39)17-15-24(16-18-31)30(2,3)4/h11-14,24-25H,5-10,15-21H2,1-4H3,(H,32,40)(H,34,35,36,37)/t24?,25-,31?/m1/s1. The third-order valence-electron chi connectivity index (χ3n) is 9.34. The number of likely N-dealkylation sites (tertiary alicyclic amines) is 1.